The summed E-state index contributed by atoms with van der Waals surface area (Å²) in [6.07, 6.45) is 2.63. The lowest BCUT2D eigenvalue weighted by molar-refractivity contribution is -0.00910. The van der Waals surface area contributed by atoms with Crippen molar-refractivity contribution in [1.29, 1.82) is 0 Å². The molecule has 2 nitrogen and oxygen atoms in total. The third-order valence-electron chi connectivity index (χ3n) is 3.13. The van der Waals surface area contributed by atoms with Crippen LogP contribution in [-0.2, 0) is 4.74 Å². The number of hydrogen-bond acceptors (Lipinski definition) is 2. The number of aryl methyl sites for hydroxylation is 1. The van der Waals surface area contributed by atoms with E-state index in [2.05, 4.69) is 60.2 Å². The van der Waals surface area contributed by atoms with Crippen LogP contribution in [-0.4, -0.2) is 18.2 Å². The summed E-state index contributed by atoms with van der Waals surface area (Å²) in [6.45, 7) is 7.32. The number of nitrogens with one attached hydrogen (secondary N) is 1. The van der Waals surface area contributed by atoms with E-state index in [0.29, 0.717) is 6.10 Å². The van der Waals surface area contributed by atoms with Gasteiger partial charge in [0.1, 0.15) is 0 Å². The Hall–Kier alpha value is -0.540. The van der Waals surface area contributed by atoms with Crippen LogP contribution in [0.5, 0.6) is 0 Å². The van der Waals surface area contributed by atoms with E-state index in [-0.39, 0.29) is 5.60 Å². The standard InChI is InChI=1S/C14H20BrNO/c1-10-6-11(15)8-12(7-10)16-9-13-4-5-14(2,3)17-13/h6-8,13,16H,4-5,9H2,1-3H3. The second kappa shape index (κ2) is 4.99. The normalized spacial score (nSPS) is 22.7. The van der Waals surface area contributed by atoms with E-state index in [0.717, 1.165) is 29.5 Å². The van der Waals surface area contributed by atoms with Gasteiger partial charge in [0.2, 0.25) is 0 Å². The lowest BCUT2D eigenvalue weighted by Gasteiger charge is -2.20. The first-order valence-electron chi connectivity index (χ1n) is 6.13. The highest BCUT2D eigenvalue weighted by Gasteiger charge is 2.31. The SMILES string of the molecule is Cc1cc(Br)cc(NCC2CCC(C)(C)O2)c1. The van der Waals surface area contributed by atoms with E-state index < -0.39 is 0 Å². The second-order valence-electron chi connectivity index (χ2n) is 5.44. The number of ether oxygens (including phenoxy) is 1. The van der Waals surface area contributed by atoms with Crippen LogP contribution in [0.4, 0.5) is 5.69 Å². The van der Waals surface area contributed by atoms with Gasteiger partial charge in [-0.15, -0.1) is 0 Å². The van der Waals surface area contributed by atoms with Crippen molar-refractivity contribution in [1.82, 2.24) is 0 Å². The summed E-state index contributed by atoms with van der Waals surface area (Å²) in [5.74, 6) is 0. The van der Waals surface area contributed by atoms with E-state index in [1.165, 1.54) is 5.56 Å². The van der Waals surface area contributed by atoms with Crippen LogP contribution in [0, 0.1) is 6.92 Å². The molecule has 1 aliphatic rings. The first kappa shape index (κ1) is 12.9. The van der Waals surface area contributed by atoms with Gasteiger partial charge in [-0.3, -0.25) is 0 Å². The highest BCUT2D eigenvalue weighted by Crippen LogP contribution is 2.29. The molecule has 94 valence electrons. The molecule has 1 aromatic rings. The molecule has 1 aromatic carbocycles. The molecule has 1 atom stereocenters. The van der Waals surface area contributed by atoms with E-state index >= 15 is 0 Å². The van der Waals surface area contributed by atoms with Gasteiger partial charge in [-0.1, -0.05) is 15.9 Å². The molecule has 0 amide bonds. The first-order valence-corrected chi connectivity index (χ1v) is 6.93. The van der Waals surface area contributed by atoms with Gasteiger partial charge in [0.25, 0.3) is 0 Å². The Morgan fingerprint density at radius 2 is 2.18 bits per heavy atom. The van der Waals surface area contributed by atoms with Crippen molar-refractivity contribution in [3.63, 3.8) is 0 Å². The average molecular weight is 298 g/mol. The largest absolute Gasteiger partial charge is 0.382 e. The molecule has 1 fully saturated rings. The molecule has 1 aliphatic heterocycles. The van der Waals surface area contributed by atoms with Crippen molar-refractivity contribution in [2.45, 2.75) is 45.3 Å². The van der Waals surface area contributed by atoms with Crippen molar-refractivity contribution in [3.05, 3.63) is 28.2 Å². The van der Waals surface area contributed by atoms with E-state index in [1.54, 1.807) is 0 Å². The highest BCUT2D eigenvalue weighted by atomic mass is 79.9. The fraction of sp³-hybridized carbons (Fsp3) is 0.571. The van der Waals surface area contributed by atoms with Crippen molar-refractivity contribution >= 4 is 21.6 Å². The minimum Gasteiger partial charge on any atom is -0.382 e. The topological polar surface area (TPSA) is 21.3 Å². The summed E-state index contributed by atoms with van der Waals surface area (Å²) in [6, 6.07) is 6.37. The van der Waals surface area contributed by atoms with Gasteiger partial charge in [0.15, 0.2) is 0 Å². The molecule has 1 N–H and O–H groups in total. The van der Waals surface area contributed by atoms with Gasteiger partial charge in [-0.05, 0) is 57.4 Å². The summed E-state index contributed by atoms with van der Waals surface area (Å²) >= 11 is 3.51. The van der Waals surface area contributed by atoms with Crippen LogP contribution < -0.4 is 5.32 Å². The lowest BCUT2D eigenvalue weighted by Crippen LogP contribution is -2.24. The Balaban J connectivity index is 1.90. The van der Waals surface area contributed by atoms with E-state index in [9.17, 15) is 0 Å². The van der Waals surface area contributed by atoms with Crippen molar-refractivity contribution < 1.29 is 4.74 Å². The van der Waals surface area contributed by atoms with Crippen molar-refractivity contribution in [2.24, 2.45) is 0 Å². The zero-order valence-corrected chi connectivity index (χ0v) is 12.3. The highest BCUT2D eigenvalue weighted by molar-refractivity contribution is 9.10. The summed E-state index contributed by atoms with van der Waals surface area (Å²) in [5.41, 5.74) is 2.47. The molecule has 2 rings (SSSR count). The van der Waals surface area contributed by atoms with Crippen LogP contribution in [0.25, 0.3) is 0 Å². The average Bonchev–Trinajstić information content (AvgIpc) is 2.54. The third-order valence-corrected chi connectivity index (χ3v) is 3.59. The van der Waals surface area contributed by atoms with Crippen LogP contribution in [0.3, 0.4) is 0 Å². The monoisotopic (exact) mass is 297 g/mol. The number of benzene rings is 1. The van der Waals surface area contributed by atoms with Gasteiger partial charge in [0, 0.05) is 16.7 Å². The van der Waals surface area contributed by atoms with Crippen LogP contribution >= 0.6 is 15.9 Å². The van der Waals surface area contributed by atoms with Gasteiger partial charge < -0.3 is 10.1 Å². The molecule has 3 heteroatoms. The summed E-state index contributed by atoms with van der Waals surface area (Å²) in [4.78, 5) is 0. The molecule has 0 saturated carbocycles. The predicted octanol–water partition coefficient (Wildman–Crippen LogP) is 4.13. The van der Waals surface area contributed by atoms with Crippen molar-refractivity contribution in [2.75, 3.05) is 11.9 Å². The lowest BCUT2D eigenvalue weighted by atomic mass is 10.1. The smallest absolute Gasteiger partial charge is 0.0755 e. The minimum atomic E-state index is 0.0551. The zero-order chi connectivity index (χ0) is 12.5. The molecule has 0 spiro atoms. The maximum absolute atomic E-state index is 5.96. The number of rotatable bonds is 3. The maximum Gasteiger partial charge on any atom is 0.0755 e. The minimum absolute atomic E-state index is 0.0551. The molecule has 17 heavy (non-hydrogen) atoms. The van der Waals surface area contributed by atoms with Crippen LogP contribution in [0.1, 0.15) is 32.3 Å². The van der Waals surface area contributed by atoms with Gasteiger partial charge in [-0.25, -0.2) is 0 Å². The first-order chi connectivity index (χ1) is 7.94. The van der Waals surface area contributed by atoms with Crippen molar-refractivity contribution in [3.8, 4) is 0 Å². The Kier molecular flexibility index (Phi) is 3.79. The molecule has 1 heterocycles. The molecule has 1 saturated heterocycles. The van der Waals surface area contributed by atoms with E-state index in [1.807, 2.05) is 0 Å². The maximum atomic E-state index is 5.96. The molecule has 0 bridgehead atoms. The second-order valence-corrected chi connectivity index (χ2v) is 6.35. The van der Waals surface area contributed by atoms with Gasteiger partial charge in [0.05, 0.1) is 11.7 Å². The quantitative estimate of drug-likeness (QED) is 0.906. The van der Waals surface area contributed by atoms with Crippen LogP contribution in [0.15, 0.2) is 22.7 Å². The third kappa shape index (κ3) is 3.71. The number of hydrogen-bond donors (Lipinski definition) is 1. The fourth-order valence-corrected chi connectivity index (χ4v) is 2.90. The zero-order valence-electron chi connectivity index (χ0n) is 10.7. The Labute approximate surface area is 112 Å². The predicted molar refractivity (Wildman–Crippen MR) is 75.6 cm³/mol. The molecular formula is C14H20BrNO. The Morgan fingerprint density at radius 3 is 2.76 bits per heavy atom. The molecular weight excluding hydrogens is 278 g/mol. The summed E-state index contributed by atoms with van der Waals surface area (Å²) in [7, 11) is 0. The number of halogens is 1. The molecule has 0 aliphatic carbocycles. The molecule has 0 radical (unpaired) electrons. The van der Waals surface area contributed by atoms with Gasteiger partial charge in [-0.2, -0.15) is 0 Å². The fourth-order valence-electron chi connectivity index (χ4n) is 2.29. The van der Waals surface area contributed by atoms with E-state index in [4.69, 9.17) is 4.74 Å². The summed E-state index contributed by atoms with van der Waals surface area (Å²) < 4.78 is 7.07. The van der Waals surface area contributed by atoms with Crippen LogP contribution in [0.2, 0.25) is 0 Å². The molecule has 1 unspecified atom stereocenters. The summed E-state index contributed by atoms with van der Waals surface area (Å²) in [5, 5.41) is 3.45. The Bertz CT molecular complexity index is 383. The van der Waals surface area contributed by atoms with Gasteiger partial charge >= 0.3 is 0 Å². The Morgan fingerprint density at radius 1 is 1.41 bits per heavy atom. The molecule has 0 aromatic heterocycles. The number of anilines is 1.